The topological polar surface area (TPSA) is 51.5 Å². The SMILES string of the molecule is CC(C)(C)ON(C=O)CCCCCCn1c(=O)ccc2ccccc21. The summed E-state index contributed by atoms with van der Waals surface area (Å²) in [4.78, 5) is 28.7. The molecule has 1 aromatic heterocycles. The third-order valence-electron chi connectivity index (χ3n) is 3.92. The Balaban J connectivity index is 1.78. The normalized spacial score (nSPS) is 11.6. The molecule has 2 rings (SSSR count). The van der Waals surface area contributed by atoms with E-state index in [1.54, 1.807) is 6.07 Å². The quantitative estimate of drug-likeness (QED) is 0.395. The first kappa shape index (κ1) is 19.2. The number of hydrogen-bond acceptors (Lipinski definition) is 3. The first-order valence-electron chi connectivity index (χ1n) is 8.90. The van der Waals surface area contributed by atoms with E-state index >= 15 is 0 Å². The lowest BCUT2D eigenvalue weighted by molar-refractivity contribution is -0.216. The van der Waals surface area contributed by atoms with Gasteiger partial charge < -0.3 is 4.57 Å². The van der Waals surface area contributed by atoms with Gasteiger partial charge in [-0.2, -0.15) is 0 Å². The number of hydroxylamine groups is 2. The molecule has 2 aromatic rings. The second-order valence-corrected chi connectivity index (χ2v) is 7.25. The van der Waals surface area contributed by atoms with E-state index < -0.39 is 0 Å². The molecule has 5 heteroatoms. The highest BCUT2D eigenvalue weighted by Gasteiger charge is 2.15. The Hall–Kier alpha value is -2.14. The van der Waals surface area contributed by atoms with Gasteiger partial charge in [0.2, 0.25) is 6.41 Å². The molecule has 0 saturated heterocycles. The molecule has 25 heavy (non-hydrogen) atoms. The maximum absolute atomic E-state index is 12.1. The molecule has 0 saturated carbocycles. The lowest BCUT2D eigenvalue weighted by Gasteiger charge is -2.26. The van der Waals surface area contributed by atoms with Gasteiger partial charge in [-0.25, -0.2) is 5.06 Å². The van der Waals surface area contributed by atoms with Crippen LogP contribution >= 0.6 is 0 Å². The van der Waals surface area contributed by atoms with Crippen molar-refractivity contribution in [1.29, 1.82) is 0 Å². The van der Waals surface area contributed by atoms with Crippen LogP contribution in [0.2, 0.25) is 0 Å². The fourth-order valence-electron chi connectivity index (χ4n) is 2.84. The van der Waals surface area contributed by atoms with Gasteiger partial charge in [-0.1, -0.05) is 31.0 Å². The molecule has 0 N–H and O–H groups in total. The molecule has 0 aliphatic carbocycles. The average molecular weight is 344 g/mol. The largest absolute Gasteiger partial charge is 0.308 e. The molecular formula is C20H28N2O3. The number of unbranched alkanes of at least 4 members (excludes halogenated alkanes) is 3. The van der Waals surface area contributed by atoms with E-state index in [0.717, 1.165) is 49.5 Å². The van der Waals surface area contributed by atoms with Crippen molar-refractivity contribution in [2.45, 2.75) is 58.6 Å². The number of rotatable bonds is 9. The highest BCUT2D eigenvalue weighted by Crippen LogP contribution is 2.13. The molecular weight excluding hydrogens is 316 g/mol. The van der Waals surface area contributed by atoms with Gasteiger partial charge in [0.1, 0.15) is 0 Å². The molecule has 0 radical (unpaired) electrons. The summed E-state index contributed by atoms with van der Waals surface area (Å²) in [7, 11) is 0. The summed E-state index contributed by atoms with van der Waals surface area (Å²) in [6.45, 7) is 7.08. The van der Waals surface area contributed by atoms with E-state index in [1.165, 1.54) is 5.06 Å². The standard InChI is InChI=1S/C20H28N2O3/c1-20(2,3)25-21(16-23)14-8-4-5-9-15-22-18-11-7-6-10-17(18)12-13-19(22)24/h6-7,10-13,16H,4-5,8-9,14-15H2,1-3H3. The van der Waals surface area contributed by atoms with E-state index in [4.69, 9.17) is 4.84 Å². The van der Waals surface area contributed by atoms with Crippen LogP contribution in [0.5, 0.6) is 0 Å². The van der Waals surface area contributed by atoms with E-state index in [9.17, 15) is 9.59 Å². The highest BCUT2D eigenvalue weighted by atomic mass is 16.7. The van der Waals surface area contributed by atoms with Gasteiger partial charge in [-0.05, 0) is 51.1 Å². The number of benzene rings is 1. The molecule has 136 valence electrons. The average Bonchev–Trinajstić information content (AvgIpc) is 2.57. The van der Waals surface area contributed by atoms with Crippen LogP contribution in [-0.4, -0.2) is 28.2 Å². The maximum Gasteiger partial charge on any atom is 0.251 e. The number of carbonyl (C=O) groups is 1. The zero-order valence-corrected chi connectivity index (χ0v) is 15.4. The molecule has 0 unspecified atom stereocenters. The van der Waals surface area contributed by atoms with Gasteiger partial charge in [0, 0.05) is 19.2 Å². The fourth-order valence-corrected chi connectivity index (χ4v) is 2.84. The Labute approximate surface area is 149 Å². The van der Waals surface area contributed by atoms with Crippen molar-refractivity contribution in [2.75, 3.05) is 6.54 Å². The summed E-state index contributed by atoms with van der Waals surface area (Å²) in [5.74, 6) is 0. The number of hydrogen-bond donors (Lipinski definition) is 0. The van der Waals surface area contributed by atoms with Crippen molar-refractivity contribution in [2.24, 2.45) is 0 Å². The second kappa shape index (κ2) is 8.81. The zero-order valence-electron chi connectivity index (χ0n) is 15.4. The first-order valence-corrected chi connectivity index (χ1v) is 8.90. The minimum absolute atomic E-state index is 0.0457. The lowest BCUT2D eigenvalue weighted by Crippen LogP contribution is -2.33. The Morgan fingerprint density at radius 1 is 1.04 bits per heavy atom. The van der Waals surface area contributed by atoms with Crippen LogP contribution in [0.25, 0.3) is 10.9 Å². The third kappa shape index (κ3) is 6.02. The van der Waals surface area contributed by atoms with Crippen LogP contribution in [0, 0.1) is 0 Å². The second-order valence-electron chi connectivity index (χ2n) is 7.25. The summed E-state index contributed by atoms with van der Waals surface area (Å²) < 4.78 is 1.84. The van der Waals surface area contributed by atoms with Crippen molar-refractivity contribution in [3.63, 3.8) is 0 Å². The van der Waals surface area contributed by atoms with Crippen LogP contribution in [0.15, 0.2) is 41.2 Å². The fraction of sp³-hybridized carbons (Fsp3) is 0.500. The predicted molar refractivity (Wildman–Crippen MR) is 100 cm³/mol. The van der Waals surface area contributed by atoms with Crippen LogP contribution in [0.4, 0.5) is 0 Å². The van der Waals surface area contributed by atoms with Crippen molar-refractivity contribution < 1.29 is 9.63 Å². The van der Waals surface area contributed by atoms with Crippen LogP contribution < -0.4 is 5.56 Å². The number of aromatic nitrogens is 1. The van der Waals surface area contributed by atoms with E-state index in [1.807, 2.05) is 55.7 Å². The van der Waals surface area contributed by atoms with Crippen LogP contribution in [0.1, 0.15) is 46.5 Å². The van der Waals surface area contributed by atoms with Crippen LogP contribution in [0.3, 0.4) is 0 Å². The number of para-hydroxylation sites is 1. The van der Waals surface area contributed by atoms with E-state index in [-0.39, 0.29) is 11.2 Å². The summed E-state index contributed by atoms with van der Waals surface area (Å²) in [6.07, 6.45) is 4.57. The van der Waals surface area contributed by atoms with Gasteiger partial charge in [0.05, 0.1) is 11.1 Å². The Morgan fingerprint density at radius 2 is 1.76 bits per heavy atom. The van der Waals surface area contributed by atoms with E-state index in [2.05, 4.69) is 0 Å². The Kier molecular flexibility index (Phi) is 6.76. The van der Waals surface area contributed by atoms with Gasteiger partial charge in [0.25, 0.3) is 5.56 Å². The summed E-state index contributed by atoms with van der Waals surface area (Å²) in [5.41, 5.74) is 0.668. The van der Waals surface area contributed by atoms with Crippen molar-refractivity contribution in [3.05, 3.63) is 46.8 Å². The molecule has 0 atom stereocenters. The highest BCUT2D eigenvalue weighted by molar-refractivity contribution is 5.78. The number of fused-ring (bicyclic) bond motifs is 1. The first-order chi connectivity index (χ1) is 11.9. The zero-order chi connectivity index (χ0) is 18.3. The molecule has 1 aromatic carbocycles. The number of aryl methyl sites for hydroxylation is 1. The predicted octanol–water partition coefficient (Wildman–Crippen LogP) is 3.75. The van der Waals surface area contributed by atoms with Crippen molar-refractivity contribution >= 4 is 17.3 Å². The summed E-state index contributed by atoms with van der Waals surface area (Å²) >= 11 is 0. The molecule has 1 amide bonds. The molecule has 0 bridgehead atoms. The van der Waals surface area contributed by atoms with E-state index in [0.29, 0.717) is 6.54 Å². The third-order valence-corrected chi connectivity index (χ3v) is 3.92. The molecule has 0 spiro atoms. The van der Waals surface area contributed by atoms with Crippen molar-refractivity contribution in [3.8, 4) is 0 Å². The molecule has 5 nitrogen and oxygen atoms in total. The lowest BCUT2D eigenvalue weighted by atomic mass is 10.1. The minimum atomic E-state index is -0.365. The van der Waals surface area contributed by atoms with Gasteiger partial charge in [0.15, 0.2) is 0 Å². The summed E-state index contributed by atoms with van der Waals surface area (Å²) in [6, 6.07) is 11.5. The maximum atomic E-state index is 12.1. The van der Waals surface area contributed by atoms with Gasteiger partial charge in [-0.3, -0.25) is 14.4 Å². The van der Waals surface area contributed by atoms with Crippen LogP contribution in [-0.2, 0) is 16.2 Å². The Morgan fingerprint density at radius 3 is 2.48 bits per heavy atom. The molecule has 0 aliphatic rings. The number of nitrogens with zero attached hydrogens (tertiary/aromatic N) is 2. The van der Waals surface area contributed by atoms with Crippen molar-refractivity contribution in [1.82, 2.24) is 9.63 Å². The Bertz CT molecular complexity index is 746. The monoisotopic (exact) mass is 344 g/mol. The molecule has 0 aliphatic heterocycles. The van der Waals surface area contributed by atoms with Gasteiger partial charge >= 0.3 is 0 Å². The number of pyridine rings is 1. The molecule has 0 fully saturated rings. The smallest absolute Gasteiger partial charge is 0.251 e. The van der Waals surface area contributed by atoms with Gasteiger partial charge in [-0.15, -0.1) is 0 Å². The molecule has 1 heterocycles. The number of carbonyl (C=O) groups excluding carboxylic acids is 1. The number of amides is 1. The minimum Gasteiger partial charge on any atom is -0.308 e. The summed E-state index contributed by atoms with van der Waals surface area (Å²) in [5, 5.41) is 2.46.